The first-order chi connectivity index (χ1) is 9.47. The van der Waals surface area contributed by atoms with Gasteiger partial charge < -0.3 is 11.1 Å². The molecule has 2 saturated carbocycles. The summed E-state index contributed by atoms with van der Waals surface area (Å²) in [5.74, 6) is 1.12. The number of carbonyl (C=O) groups excluding carboxylic acids is 1. The third-order valence-corrected chi connectivity index (χ3v) is 5.59. The van der Waals surface area contributed by atoms with Crippen LogP contribution in [0.25, 0.3) is 0 Å². The number of carbonyl (C=O) groups is 1. The molecule has 108 valence electrons. The van der Waals surface area contributed by atoms with Crippen LogP contribution in [-0.2, 0) is 4.79 Å². The third kappa shape index (κ3) is 2.29. The van der Waals surface area contributed by atoms with Crippen LogP contribution in [0, 0.1) is 31.6 Å². The van der Waals surface area contributed by atoms with Crippen molar-refractivity contribution in [1.29, 1.82) is 0 Å². The Morgan fingerprint density at radius 2 is 2.00 bits per heavy atom. The highest BCUT2D eigenvalue weighted by atomic mass is 79.9. The monoisotopic (exact) mass is 336 g/mol. The van der Waals surface area contributed by atoms with Crippen LogP contribution in [0.4, 0.5) is 5.69 Å². The molecule has 0 spiro atoms. The molecule has 3 N–H and O–H groups in total. The molecule has 20 heavy (non-hydrogen) atoms. The Morgan fingerprint density at radius 1 is 1.30 bits per heavy atom. The molecule has 2 fully saturated rings. The first kappa shape index (κ1) is 14.1. The van der Waals surface area contributed by atoms with E-state index < -0.39 is 0 Å². The Hall–Kier alpha value is -0.870. The zero-order valence-electron chi connectivity index (χ0n) is 11.9. The van der Waals surface area contributed by atoms with Crippen LogP contribution in [0.15, 0.2) is 16.6 Å². The number of hydrogen-bond acceptors (Lipinski definition) is 2. The summed E-state index contributed by atoms with van der Waals surface area (Å²) in [4.78, 5) is 12.6. The Kier molecular flexibility index (Phi) is 3.63. The Bertz CT molecular complexity index is 532. The van der Waals surface area contributed by atoms with Gasteiger partial charge in [0, 0.05) is 10.5 Å². The third-order valence-electron chi connectivity index (χ3n) is 4.96. The summed E-state index contributed by atoms with van der Waals surface area (Å²) in [5.41, 5.74) is 9.40. The second kappa shape index (κ2) is 5.15. The Labute approximate surface area is 128 Å². The maximum atomic E-state index is 12.6. The van der Waals surface area contributed by atoms with Gasteiger partial charge in [-0.05, 0) is 78.1 Å². The van der Waals surface area contributed by atoms with Crippen molar-refractivity contribution >= 4 is 27.5 Å². The lowest BCUT2D eigenvalue weighted by atomic mass is 9.84. The molecule has 0 heterocycles. The average molecular weight is 337 g/mol. The summed E-state index contributed by atoms with van der Waals surface area (Å²) >= 11 is 3.55. The van der Waals surface area contributed by atoms with Crippen LogP contribution in [0.2, 0.25) is 0 Å². The standard InChI is InChI=1S/C16H21BrN2O/c1-8-5-9(2)15(12(17)6-8)19-16(20)13-10-3-4-11(7-10)14(13)18/h5-6,10-11,13-14H,3-4,7,18H2,1-2H3,(H,19,20). The van der Waals surface area contributed by atoms with Crippen molar-refractivity contribution in [3.63, 3.8) is 0 Å². The van der Waals surface area contributed by atoms with Gasteiger partial charge in [0.05, 0.1) is 11.6 Å². The van der Waals surface area contributed by atoms with E-state index in [2.05, 4.69) is 34.2 Å². The Morgan fingerprint density at radius 3 is 2.60 bits per heavy atom. The predicted molar refractivity (Wildman–Crippen MR) is 84.5 cm³/mol. The van der Waals surface area contributed by atoms with Gasteiger partial charge in [-0.25, -0.2) is 0 Å². The van der Waals surface area contributed by atoms with Crippen LogP contribution in [0.1, 0.15) is 30.4 Å². The number of fused-ring (bicyclic) bond motifs is 2. The van der Waals surface area contributed by atoms with Crippen LogP contribution in [0.3, 0.4) is 0 Å². The van der Waals surface area contributed by atoms with Gasteiger partial charge in [0.25, 0.3) is 0 Å². The van der Waals surface area contributed by atoms with Crippen LogP contribution in [-0.4, -0.2) is 11.9 Å². The fourth-order valence-electron chi connectivity index (χ4n) is 4.01. The number of hydrogen-bond donors (Lipinski definition) is 2. The van der Waals surface area contributed by atoms with E-state index in [4.69, 9.17) is 5.73 Å². The molecule has 2 aliphatic rings. The molecule has 3 rings (SSSR count). The summed E-state index contributed by atoms with van der Waals surface area (Å²) in [6, 6.07) is 4.16. The quantitative estimate of drug-likeness (QED) is 0.869. The number of nitrogens with two attached hydrogens (primary N) is 1. The zero-order chi connectivity index (χ0) is 14.4. The minimum absolute atomic E-state index is 0.0126. The highest BCUT2D eigenvalue weighted by molar-refractivity contribution is 9.10. The van der Waals surface area contributed by atoms with Crippen LogP contribution < -0.4 is 11.1 Å². The summed E-state index contributed by atoms with van der Waals surface area (Å²) in [6.45, 7) is 4.07. The van der Waals surface area contributed by atoms with E-state index in [1.807, 2.05) is 13.0 Å². The van der Waals surface area contributed by atoms with Gasteiger partial charge in [-0.3, -0.25) is 4.79 Å². The first-order valence-electron chi connectivity index (χ1n) is 7.30. The molecule has 4 heteroatoms. The minimum Gasteiger partial charge on any atom is -0.327 e. The summed E-state index contributed by atoms with van der Waals surface area (Å²) in [7, 11) is 0. The van der Waals surface area contributed by atoms with Crippen molar-refractivity contribution in [3.8, 4) is 0 Å². The van der Waals surface area contributed by atoms with Crippen LogP contribution in [0.5, 0.6) is 0 Å². The van der Waals surface area contributed by atoms with Crippen molar-refractivity contribution in [2.45, 2.75) is 39.2 Å². The topological polar surface area (TPSA) is 55.1 Å². The maximum Gasteiger partial charge on any atom is 0.229 e. The van der Waals surface area contributed by atoms with Gasteiger partial charge in [0.15, 0.2) is 0 Å². The van der Waals surface area contributed by atoms with E-state index in [-0.39, 0.29) is 17.9 Å². The van der Waals surface area contributed by atoms with E-state index in [9.17, 15) is 4.79 Å². The number of aryl methyl sites for hydroxylation is 2. The van der Waals surface area contributed by atoms with Crippen LogP contribution >= 0.6 is 15.9 Å². The number of benzene rings is 1. The highest BCUT2D eigenvalue weighted by Crippen LogP contribution is 2.48. The molecule has 1 amide bonds. The molecule has 4 unspecified atom stereocenters. The van der Waals surface area contributed by atoms with Gasteiger partial charge in [0.1, 0.15) is 0 Å². The van der Waals surface area contributed by atoms with Gasteiger partial charge in [0.2, 0.25) is 5.91 Å². The largest absolute Gasteiger partial charge is 0.327 e. The van der Waals surface area contributed by atoms with E-state index in [0.717, 1.165) is 28.6 Å². The second-order valence-corrected chi connectivity index (χ2v) is 7.22. The first-order valence-corrected chi connectivity index (χ1v) is 8.10. The van der Waals surface area contributed by atoms with E-state index in [1.165, 1.54) is 12.0 Å². The van der Waals surface area contributed by atoms with Crippen molar-refractivity contribution in [2.75, 3.05) is 5.32 Å². The zero-order valence-corrected chi connectivity index (χ0v) is 13.5. The smallest absolute Gasteiger partial charge is 0.229 e. The molecule has 2 aliphatic carbocycles. The molecule has 0 aliphatic heterocycles. The highest BCUT2D eigenvalue weighted by Gasteiger charge is 2.49. The molecule has 3 nitrogen and oxygen atoms in total. The van der Waals surface area contributed by atoms with Gasteiger partial charge in [-0.1, -0.05) is 6.07 Å². The molecule has 1 aromatic carbocycles. The van der Waals surface area contributed by atoms with Gasteiger partial charge in [-0.15, -0.1) is 0 Å². The molecular weight excluding hydrogens is 316 g/mol. The van der Waals surface area contributed by atoms with E-state index >= 15 is 0 Å². The SMILES string of the molecule is Cc1cc(C)c(NC(=O)C2C3CCC(C3)C2N)c(Br)c1. The van der Waals surface area contributed by atoms with Crippen molar-refractivity contribution in [1.82, 2.24) is 0 Å². The van der Waals surface area contributed by atoms with Crippen molar-refractivity contribution in [3.05, 3.63) is 27.7 Å². The molecule has 1 aromatic rings. The molecular formula is C16H21BrN2O. The number of nitrogens with one attached hydrogen (secondary N) is 1. The predicted octanol–water partition coefficient (Wildman–Crippen LogP) is 3.38. The molecule has 0 saturated heterocycles. The Balaban J connectivity index is 1.80. The fraction of sp³-hybridized carbons (Fsp3) is 0.562. The summed E-state index contributed by atoms with van der Waals surface area (Å²) < 4.78 is 0.945. The van der Waals surface area contributed by atoms with E-state index in [0.29, 0.717) is 11.8 Å². The molecule has 2 bridgehead atoms. The van der Waals surface area contributed by atoms with Crippen molar-refractivity contribution in [2.24, 2.45) is 23.5 Å². The average Bonchev–Trinajstić information content (AvgIpc) is 2.94. The number of amides is 1. The fourth-order valence-corrected chi connectivity index (χ4v) is 4.78. The maximum absolute atomic E-state index is 12.6. The van der Waals surface area contributed by atoms with Crippen molar-refractivity contribution < 1.29 is 4.79 Å². The van der Waals surface area contributed by atoms with Gasteiger partial charge >= 0.3 is 0 Å². The summed E-state index contributed by atoms with van der Waals surface area (Å²) in [5, 5.41) is 3.10. The number of anilines is 1. The number of halogens is 1. The second-order valence-electron chi connectivity index (χ2n) is 6.36. The molecule has 0 radical (unpaired) electrons. The molecule has 0 aromatic heterocycles. The normalized spacial score (nSPS) is 31.6. The summed E-state index contributed by atoms with van der Waals surface area (Å²) in [6.07, 6.45) is 3.49. The van der Waals surface area contributed by atoms with Gasteiger partial charge in [-0.2, -0.15) is 0 Å². The lowest BCUT2D eigenvalue weighted by molar-refractivity contribution is -0.121. The van der Waals surface area contributed by atoms with E-state index in [1.54, 1.807) is 0 Å². The lowest BCUT2D eigenvalue weighted by Crippen LogP contribution is -2.42. The lowest BCUT2D eigenvalue weighted by Gasteiger charge is -2.27. The minimum atomic E-state index is -0.0126. The molecule has 4 atom stereocenters. The number of rotatable bonds is 2.